The molecule has 0 aliphatic heterocycles. The molecule has 1 aliphatic rings. The van der Waals surface area contributed by atoms with Crippen LogP contribution in [-0.2, 0) is 6.54 Å². The van der Waals surface area contributed by atoms with E-state index in [1.165, 1.54) is 10.6 Å². The van der Waals surface area contributed by atoms with Gasteiger partial charge >= 0.3 is 11.7 Å². The number of nitrogens with one attached hydrogen (secondary N) is 1. The number of carbonyl (C=O) groups is 1. The molecule has 4 aromatic rings. The molecule has 168 valence electrons. The average Bonchev–Trinajstić information content (AvgIpc) is 2.99. The maximum Gasteiger partial charge on any atom is 0.336 e. The highest BCUT2D eigenvalue weighted by molar-refractivity contribution is 9.10. The van der Waals surface area contributed by atoms with Gasteiger partial charge in [-0.3, -0.25) is 14.3 Å². The minimum atomic E-state index is -1.07. The lowest BCUT2D eigenvalue weighted by Crippen LogP contribution is -2.33. The number of aromatic amines is 1. The SMILES string of the molecule is O=C(O)c1cc(Cn2cc(C3c4ccccc4C=Cc4ccccc43)c(=O)[nH]c2=O)ccc1Br. The highest BCUT2D eigenvalue weighted by atomic mass is 79.9. The van der Waals surface area contributed by atoms with Gasteiger partial charge in [0.05, 0.1) is 12.1 Å². The number of carboxylic acid groups (broad SMARTS) is 1. The van der Waals surface area contributed by atoms with Crippen molar-refractivity contribution in [3.05, 3.63) is 137 Å². The lowest BCUT2D eigenvalue weighted by atomic mass is 9.83. The fourth-order valence-corrected chi connectivity index (χ4v) is 4.83. The quantitative estimate of drug-likeness (QED) is 0.363. The molecule has 1 aliphatic carbocycles. The lowest BCUT2D eigenvalue weighted by Gasteiger charge is -2.21. The second kappa shape index (κ2) is 8.76. The minimum Gasteiger partial charge on any atom is -0.478 e. The summed E-state index contributed by atoms with van der Waals surface area (Å²) in [5, 5.41) is 9.42. The van der Waals surface area contributed by atoms with Crippen molar-refractivity contribution in [2.24, 2.45) is 0 Å². The van der Waals surface area contributed by atoms with Crippen LogP contribution in [-0.4, -0.2) is 20.6 Å². The summed E-state index contributed by atoms with van der Waals surface area (Å²) < 4.78 is 1.87. The van der Waals surface area contributed by atoms with E-state index in [2.05, 4.69) is 20.9 Å². The molecule has 0 saturated carbocycles. The number of nitrogens with zero attached hydrogens (tertiary/aromatic N) is 1. The summed E-state index contributed by atoms with van der Waals surface area (Å²) in [7, 11) is 0. The Hall–Kier alpha value is -3.97. The third-order valence-corrected chi connectivity index (χ3v) is 6.71. The van der Waals surface area contributed by atoms with Gasteiger partial charge in [0.2, 0.25) is 0 Å². The topological polar surface area (TPSA) is 92.2 Å². The van der Waals surface area contributed by atoms with Gasteiger partial charge in [-0.25, -0.2) is 9.59 Å². The number of aromatic nitrogens is 2. The van der Waals surface area contributed by atoms with Crippen LogP contribution >= 0.6 is 15.9 Å². The number of H-pyrrole nitrogens is 1. The highest BCUT2D eigenvalue weighted by Crippen LogP contribution is 2.37. The van der Waals surface area contributed by atoms with E-state index in [1.807, 2.05) is 60.7 Å². The molecule has 0 saturated heterocycles. The van der Waals surface area contributed by atoms with E-state index in [-0.39, 0.29) is 18.0 Å². The van der Waals surface area contributed by atoms with Crippen LogP contribution in [0.3, 0.4) is 0 Å². The Kier molecular flexibility index (Phi) is 5.63. The predicted molar refractivity (Wildman–Crippen MR) is 134 cm³/mol. The van der Waals surface area contributed by atoms with E-state index in [4.69, 9.17) is 0 Å². The lowest BCUT2D eigenvalue weighted by molar-refractivity contribution is 0.0695. The van der Waals surface area contributed by atoms with E-state index in [0.717, 1.165) is 22.3 Å². The van der Waals surface area contributed by atoms with Gasteiger partial charge in [0.1, 0.15) is 0 Å². The highest BCUT2D eigenvalue weighted by Gasteiger charge is 2.26. The van der Waals surface area contributed by atoms with Gasteiger partial charge in [0.15, 0.2) is 0 Å². The van der Waals surface area contributed by atoms with Crippen molar-refractivity contribution >= 4 is 34.1 Å². The van der Waals surface area contributed by atoms with E-state index < -0.39 is 17.2 Å². The van der Waals surface area contributed by atoms with Gasteiger partial charge in [0, 0.05) is 22.2 Å². The Bertz CT molecular complexity index is 1530. The van der Waals surface area contributed by atoms with E-state index in [9.17, 15) is 19.5 Å². The van der Waals surface area contributed by atoms with Gasteiger partial charge < -0.3 is 5.11 Å². The van der Waals surface area contributed by atoms with E-state index in [0.29, 0.717) is 15.6 Å². The molecule has 0 fully saturated rings. The van der Waals surface area contributed by atoms with Crippen molar-refractivity contribution in [3.63, 3.8) is 0 Å². The molecule has 1 aromatic heterocycles. The van der Waals surface area contributed by atoms with Gasteiger partial charge in [0.25, 0.3) is 5.56 Å². The molecular weight excluding hydrogens is 496 g/mol. The molecule has 3 aromatic carbocycles. The summed E-state index contributed by atoms with van der Waals surface area (Å²) in [6, 6.07) is 20.7. The summed E-state index contributed by atoms with van der Waals surface area (Å²) in [6.07, 6.45) is 5.66. The first-order valence-corrected chi connectivity index (χ1v) is 11.4. The van der Waals surface area contributed by atoms with Crippen LogP contribution in [0.15, 0.2) is 87.0 Å². The Labute approximate surface area is 203 Å². The monoisotopic (exact) mass is 514 g/mol. The maximum absolute atomic E-state index is 13.1. The van der Waals surface area contributed by atoms with Crippen molar-refractivity contribution in [2.45, 2.75) is 12.5 Å². The van der Waals surface area contributed by atoms with Crippen LogP contribution in [0.4, 0.5) is 0 Å². The molecule has 34 heavy (non-hydrogen) atoms. The molecule has 5 rings (SSSR count). The molecule has 7 heteroatoms. The molecule has 0 unspecified atom stereocenters. The third-order valence-electron chi connectivity index (χ3n) is 6.02. The Morgan fingerprint density at radius 2 is 1.53 bits per heavy atom. The molecule has 1 heterocycles. The van der Waals surface area contributed by atoms with Crippen molar-refractivity contribution in [3.8, 4) is 0 Å². The summed E-state index contributed by atoms with van der Waals surface area (Å²) in [5.74, 6) is -1.44. The van der Waals surface area contributed by atoms with E-state index >= 15 is 0 Å². The van der Waals surface area contributed by atoms with Crippen molar-refractivity contribution < 1.29 is 9.90 Å². The summed E-state index contributed by atoms with van der Waals surface area (Å²) in [5.41, 5.74) is 4.12. The maximum atomic E-state index is 13.1. The van der Waals surface area contributed by atoms with Crippen molar-refractivity contribution in [2.75, 3.05) is 0 Å². The zero-order valence-electron chi connectivity index (χ0n) is 17.9. The number of hydrogen-bond donors (Lipinski definition) is 2. The number of rotatable bonds is 4. The van der Waals surface area contributed by atoms with Gasteiger partial charge in [-0.15, -0.1) is 0 Å². The van der Waals surface area contributed by atoms with Crippen molar-refractivity contribution in [1.82, 2.24) is 9.55 Å². The smallest absolute Gasteiger partial charge is 0.336 e. The predicted octanol–water partition coefficient (Wildman–Crippen LogP) is 4.71. The number of fused-ring (bicyclic) bond motifs is 2. The largest absolute Gasteiger partial charge is 0.478 e. The second-order valence-corrected chi connectivity index (χ2v) is 8.97. The number of hydrogen-bond acceptors (Lipinski definition) is 3. The minimum absolute atomic E-state index is 0.105. The molecule has 6 nitrogen and oxygen atoms in total. The second-order valence-electron chi connectivity index (χ2n) is 8.12. The third kappa shape index (κ3) is 3.95. The van der Waals surface area contributed by atoms with Gasteiger partial charge in [-0.05, 0) is 55.9 Å². The number of carboxylic acids is 1. The fourth-order valence-electron chi connectivity index (χ4n) is 4.41. The Balaban J connectivity index is 1.67. The number of benzene rings is 3. The summed E-state index contributed by atoms with van der Waals surface area (Å²) in [6.45, 7) is 0.116. The average molecular weight is 515 g/mol. The summed E-state index contributed by atoms with van der Waals surface area (Å²) >= 11 is 3.24. The zero-order chi connectivity index (χ0) is 23.8. The molecular formula is C27H19BrN2O4. The first kappa shape index (κ1) is 21.9. The van der Waals surface area contributed by atoms with Crippen LogP contribution in [0.1, 0.15) is 49.7 Å². The molecule has 0 spiro atoms. The molecule has 2 N–H and O–H groups in total. The first-order chi connectivity index (χ1) is 16.4. The van der Waals surface area contributed by atoms with Crippen LogP contribution in [0.2, 0.25) is 0 Å². The van der Waals surface area contributed by atoms with Crippen LogP contribution < -0.4 is 11.2 Å². The molecule has 0 bridgehead atoms. The van der Waals surface area contributed by atoms with Crippen LogP contribution in [0.25, 0.3) is 12.2 Å². The van der Waals surface area contributed by atoms with Crippen LogP contribution in [0.5, 0.6) is 0 Å². The van der Waals surface area contributed by atoms with Gasteiger partial charge in [-0.1, -0.05) is 66.7 Å². The Morgan fingerprint density at radius 3 is 2.15 bits per heavy atom. The summed E-state index contributed by atoms with van der Waals surface area (Å²) in [4.78, 5) is 39.8. The standard InChI is InChI=1S/C27H19BrN2O4/c28-23-12-9-16(13-21(23)26(32)33)14-30-15-22(25(31)29-27(30)34)24-19-7-3-1-5-17(19)10-11-18-6-2-4-8-20(18)24/h1-13,15,24H,14H2,(H,32,33)(H,29,31,34). The van der Waals surface area contributed by atoms with Gasteiger partial charge in [-0.2, -0.15) is 0 Å². The van der Waals surface area contributed by atoms with Crippen molar-refractivity contribution in [1.29, 1.82) is 0 Å². The van der Waals surface area contributed by atoms with E-state index in [1.54, 1.807) is 18.3 Å². The molecule has 0 atom stereocenters. The normalized spacial score (nSPS) is 12.6. The van der Waals surface area contributed by atoms with Crippen LogP contribution in [0, 0.1) is 0 Å². The number of halogens is 1. The Morgan fingerprint density at radius 1 is 0.912 bits per heavy atom. The zero-order valence-corrected chi connectivity index (χ0v) is 19.5. The first-order valence-electron chi connectivity index (χ1n) is 10.6. The molecule has 0 radical (unpaired) electrons. The fraction of sp³-hybridized carbons (Fsp3) is 0.0741. The number of aromatic carboxylic acids is 1. The molecule has 0 amide bonds.